The van der Waals surface area contributed by atoms with Crippen molar-refractivity contribution in [2.45, 2.75) is 6.10 Å². The number of hydrogen-bond acceptors (Lipinski definition) is 11. The van der Waals surface area contributed by atoms with Gasteiger partial charge in [0.25, 0.3) is 11.8 Å². The van der Waals surface area contributed by atoms with Gasteiger partial charge in [0.1, 0.15) is 12.7 Å². The van der Waals surface area contributed by atoms with E-state index in [0.717, 1.165) is 5.69 Å². The van der Waals surface area contributed by atoms with Crippen LogP contribution in [-0.2, 0) is 14.3 Å². The van der Waals surface area contributed by atoms with E-state index >= 15 is 0 Å². The Morgan fingerprint density at radius 3 is 3.03 bits per heavy atom. The van der Waals surface area contributed by atoms with Crippen molar-refractivity contribution < 1.29 is 28.6 Å². The normalized spacial score (nSPS) is 19.0. The van der Waals surface area contributed by atoms with Gasteiger partial charge in [0, 0.05) is 26.2 Å². The van der Waals surface area contributed by atoms with Gasteiger partial charge < -0.3 is 30.2 Å². The molecule has 0 aromatic carbocycles. The van der Waals surface area contributed by atoms with Crippen LogP contribution in [0.2, 0.25) is 0 Å². The molecule has 1 atom stereocenters. The molecule has 14 nitrogen and oxygen atoms in total. The van der Waals surface area contributed by atoms with Crippen molar-refractivity contribution in [2.24, 2.45) is 0 Å². The smallest absolute Gasteiger partial charge is 0.416 e. The van der Waals surface area contributed by atoms with Crippen LogP contribution in [0.3, 0.4) is 0 Å². The fourth-order valence-corrected chi connectivity index (χ4v) is 3.61. The van der Waals surface area contributed by atoms with E-state index < -0.39 is 12.2 Å². The van der Waals surface area contributed by atoms with Crippen molar-refractivity contribution in [1.82, 2.24) is 20.3 Å². The number of nitrogens with one attached hydrogen (secondary N) is 3. The number of fused-ring (bicyclic) bond motifs is 2. The average Bonchev–Trinajstić information content (AvgIpc) is 3.21. The zero-order valence-electron chi connectivity index (χ0n) is 18.2. The Hall–Kier alpha value is -4.20. The molecule has 178 valence electrons. The molecule has 2 aromatic heterocycles. The molecule has 0 radical (unpaired) electrons. The maximum Gasteiger partial charge on any atom is 0.416 e. The second kappa shape index (κ2) is 8.97. The molecule has 0 saturated carbocycles. The maximum atomic E-state index is 12.3. The van der Waals surface area contributed by atoms with Crippen LogP contribution in [0.15, 0.2) is 18.3 Å². The summed E-state index contributed by atoms with van der Waals surface area (Å²) in [6.45, 7) is 1.61. The molecule has 5 rings (SSSR count). The molecule has 0 unspecified atom stereocenters. The Bertz CT molecular complexity index is 1140. The third-order valence-corrected chi connectivity index (χ3v) is 5.35. The first-order valence-corrected chi connectivity index (χ1v) is 10.6. The first kappa shape index (κ1) is 21.6. The van der Waals surface area contributed by atoms with E-state index in [0.29, 0.717) is 31.4 Å². The Morgan fingerprint density at radius 1 is 1.26 bits per heavy atom. The van der Waals surface area contributed by atoms with Crippen molar-refractivity contribution >= 4 is 41.0 Å². The zero-order chi connectivity index (χ0) is 23.7. The minimum absolute atomic E-state index is 0.0709. The van der Waals surface area contributed by atoms with E-state index in [-0.39, 0.29) is 49.0 Å². The molecule has 1 saturated heterocycles. The fourth-order valence-electron chi connectivity index (χ4n) is 3.61. The van der Waals surface area contributed by atoms with Gasteiger partial charge in [0.2, 0.25) is 11.8 Å². The van der Waals surface area contributed by atoms with Crippen molar-refractivity contribution in [3.63, 3.8) is 0 Å². The zero-order valence-corrected chi connectivity index (χ0v) is 18.2. The lowest BCUT2D eigenvalue weighted by molar-refractivity contribution is -0.119. The van der Waals surface area contributed by atoms with Crippen LogP contribution in [0.4, 0.5) is 27.9 Å². The lowest BCUT2D eigenvalue weighted by Crippen LogP contribution is -2.37. The lowest BCUT2D eigenvalue weighted by Gasteiger charge is -2.25. The van der Waals surface area contributed by atoms with E-state index in [4.69, 9.17) is 14.2 Å². The predicted octanol–water partition coefficient (Wildman–Crippen LogP) is -0.415. The van der Waals surface area contributed by atoms with Crippen LogP contribution >= 0.6 is 0 Å². The Morgan fingerprint density at radius 2 is 2.15 bits per heavy atom. The molecule has 34 heavy (non-hydrogen) atoms. The van der Waals surface area contributed by atoms with Gasteiger partial charge in [-0.2, -0.15) is 4.98 Å². The van der Waals surface area contributed by atoms with Gasteiger partial charge in [-0.25, -0.2) is 14.8 Å². The number of aromatic nitrogens is 3. The average molecular weight is 470 g/mol. The molecule has 14 heteroatoms. The summed E-state index contributed by atoms with van der Waals surface area (Å²) < 4.78 is 16.2. The number of ether oxygens (including phenoxy) is 3. The highest BCUT2D eigenvalue weighted by molar-refractivity contribution is 6.01. The highest BCUT2D eigenvalue weighted by Crippen LogP contribution is 2.29. The Balaban J connectivity index is 1.09. The number of amides is 3. The first-order valence-electron chi connectivity index (χ1n) is 10.6. The van der Waals surface area contributed by atoms with E-state index in [1.165, 1.54) is 16.0 Å². The summed E-state index contributed by atoms with van der Waals surface area (Å²) in [6, 6.07) is 3.56. The molecule has 0 aliphatic carbocycles. The summed E-state index contributed by atoms with van der Waals surface area (Å²) in [6.07, 6.45) is 0.447. The molecule has 2 aromatic rings. The first-order chi connectivity index (χ1) is 16.5. The third kappa shape index (κ3) is 4.34. The summed E-state index contributed by atoms with van der Waals surface area (Å²) in [5.74, 6) is 1.16. The van der Waals surface area contributed by atoms with E-state index in [9.17, 15) is 14.4 Å². The number of pyridine rings is 1. The number of hydrogen-bond donors (Lipinski definition) is 3. The van der Waals surface area contributed by atoms with E-state index in [1.54, 1.807) is 13.1 Å². The minimum Gasteiger partial charge on any atom is -0.476 e. The number of anilines is 4. The highest BCUT2D eigenvalue weighted by Gasteiger charge is 2.34. The molecular formula is C20H22N8O6. The van der Waals surface area contributed by atoms with Gasteiger partial charge in [-0.05, 0) is 6.07 Å². The number of rotatable bonds is 7. The molecule has 0 bridgehead atoms. The van der Waals surface area contributed by atoms with E-state index in [2.05, 4.69) is 30.9 Å². The molecule has 3 N–H and O–H groups in total. The van der Waals surface area contributed by atoms with Gasteiger partial charge in [-0.1, -0.05) is 0 Å². The summed E-state index contributed by atoms with van der Waals surface area (Å²) in [5.41, 5.74) is 0.777. The largest absolute Gasteiger partial charge is 0.476 e. The molecule has 1 fully saturated rings. The summed E-state index contributed by atoms with van der Waals surface area (Å²) >= 11 is 0. The van der Waals surface area contributed by atoms with Crippen LogP contribution in [0.5, 0.6) is 11.8 Å². The predicted molar refractivity (Wildman–Crippen MR) is 118 cm³/mol. The Kier molecular flexibility index (Phi) is 5.71. The maximum absolute atomic E-state index is 12.3. The van der Waals surface area contributed by atoms with Crippen molar-refractivity contribution in [2.75, 3.05) is 66.9 Å². The number of carbonyl (C=O) groups excluding carboxylic acids is 3. The standard InChI is InChI=1S/C20H22N8O6/c1-27-16(30)8-22-12-2-3-15(26-18(12)27)32-5-4-21-6-11-9-28(20(31)34-11)13-7-23-19-17(24-13)25-14(29)10-33-19/h2-3,7,11,21-22H,4-6,8-10H2,1H3,(H,24,25,29)/t11-/m0/s1. The summed E-state index contributed by atoms with van der Waals surface area (Å²) in [5, 5.41) is 8.75. The number of likely N-dealkylation sites (N-methyl/N-ethyl adjacent to an activating group) is 1. The van der Waals surface area contributed by atoms with E-state index in [1.807, 2.05) is 6.07 Å². The number of carbonyl (C=O) groups is 3. The van der Waals surface area contributed by atoms with Crippen LogP contribution < -0.4 is 35.2 Å². The van der Waals surface area contributed by atoms with Crippen LogP contribution in [0.1, 0.15) is 0 Å². The van der Waals surface area contributed by atoms with Gasteiger partial charge in [-0.3, -0.25) is 19.4 Å². The topological polar surface area (TPSA) is 160 Å². The summed E-state index contributed by atoms with van der Waals surface area (Å²) in [4.78, 5) is 51.1. The summed E-state index contributed by atoms with van der Waals surface area (Å²) in [7, 11) is 1.67. The molecule has 5 heterocycles. The second-order valence-corrected chi connectivity index (χ2v) is 7.71. The highest BCUT2D eigenvalue weighted by atomic mass is 16.6. The SMILES string of the molecule is CN1C(=O)CNc2ccc(OCCNC[C@H]3CN(c4cnc5c(n4)NC(=O)CO5)C(=O)O3)nc21. The monoisotopic (exact) mass is 470 g/mol. The van der Waals surface area contributed by atoms with Gasteiger partial charge >= 0.3 is 6.09 Å². The number of nitrogens with zero attached hydrogens (tertiary/aromatic N) is 5. The second-order valence-electron chi connectivity index (χ2n) is 7.71. The minimum atomic E-state index is -0.550. The fraction of sp³-hybridized carbons (Fsp3) is 0.400. The van der Waals surface area contributed by atoms with Crippen molar-refractivity contribution in [3.8, 4) is 11.8 Å². The molecule has 0 spiro atoms. The van der Waals surface area contributed by atoms with Crippen LogP contribution in [0.25, 0.3) is 0 Å². The molecule has 3 aliphatic rings. The lowest BCUT2D eigenvalue weighted by atomic mass is 10.3. The molecular weight excluding hydrogens is 448 g/mol. The van der Waals surface area contributed by atoms with Crippen molar-refractivity contribution in [3.05, 3.63) is 18.3 Å². The molecule has 3 amide bonds. The van der Waals surface area contributed by atoms with Gasteiger partial charge in [-0.15, -0.1) is 0 Å². The quantitative estimate of drug-likeness (QED) is 0.451. The van der Waals surface area contributed by atoms with Crippen LogP contribution in [0, 0.1) is 0 Å². The van der Waals surface area contributed by atoms with Gasteiger partial charge in [0.15, 0.2) is 24.1 Å². The third-order valence-electron chi connectivity index (χ3n) is 5.35. The van der Waals surface area contributed by atoms with Crippen LogP contribution in [-0.4, -0.2) is 85.4 Å². The molecule has 3 aliphatic heterocycles. The van der Waals surface area contributed by atoms with Gasteiger partial charge in [0.05, 0.1) is 25.0 Å². The number of cyclic esters (lactones) is 1. The van der Waals surface area contributed by atoms with Crippen molar-refractivity contribution in [1.29, 1.82) is 0 Å². The Labute approximate surface area is 193 Å².